The molecule has 0 fully saturated rings. The third-order valence-corrected chi connectivity index (χ3v) is 8.15. The largest absolute Gasteiger partial charge is 0.469 e. The van der Waals surface area contributed by atoms with Gasteiger partial charge in [0.2, 0.25) is 0 Å². The molecule has 0 aromatic heterocycles. The lowest BCUT2D eigenvalue weighted by molar-refractivity contribution is -0.161. The Kier molecular flexibility index (Phi) is 31.9. The maximum absolute atomic E-state index is 12.3. The molecule has 0 aromatic carbocycles. The van der Waals surface area contributed by atoms with Crippen molar-refractivity contribution in [2.75, 3.05) is 13.2 Å². The zero-order valence-corrected chi connectivity index (χ0v) is 30.1. The molecule has 0 heterocycles. The molecule has 0 saturated carbocycles. The number of allylic oxidation sites excluding steroid dienone is 6. The van der Waals surface area contributed by atoms with Crippen molar-refractivity contribution in [2.45, 2.75) is 174 Å². The van der Waals surface area contributed by atoms with Crippen LogP contribution in [0.3, 0.4) is 0 Å². The Bertz CT molecular complexity index is 848. The van der Waals surface area contributed by atoms with Gasteiger partial charge in [0, 0.05) is 12.8 Å². The molecule has 0 radical (unpaired) electrons. The first-order chi connectivity index (χ1) is 22.3. The molecule has 268 valence electrons. The zero-order chi connectivity index (χ0) is 34.0. The van der Waals surface area contributed by atoms with Gasteiger partial charge in [-0.1, -0.05) is 140 Å². The van der Waals surface area contributed by atoms with Crippen molar-refractivity contribution in [1.82, 2.24) is 0 Å². The monoisotopic (exact) mass is 670 g/mol. The molecule has 0 aliphatic rings. The lowest BCUT2D eigenvalue weighted by Gasteiger charge is -2.18. The molecular formula is C37H67O8P. The lowest BCUT2D eigenvalue weighted by Crippen LogP contribution is -2.29. The Morgan fingerprint density at radius 2 is 0.978 bits per heavy atom. The summed E-state index contributed by atoms with van der Waals surface area (Å²) in [4.78, 5) is 42.6. The van der Waals surface area contributed by atoms with Gasteiger partial charge in [-0.05, 0) is 51.4 Å². The molecule has 0 rings (SSSR count). The number of esters is 2. The second-order valence-electron chi connectivity index (χ2n) is 12.2. The summed E-state index contributed by atoms with van der Waals surface area (Å²) in [5.41, 5.74) is 0. The highest BCUT2D eigenvalue weighted by molar-refractivity contribution is 7.46. The number of hydrogen-bond acceptors (Lipinski definition) is 6. The maximum Gasteiger partial charge on any atom is 0.469 e. The van der Waals surface area contributed by atoms with Crippen LogP contribution in [0.5, 0.6) is 0 Å². The van der Waals surface area contributed by atoms with Gasteiger partial charge in [-0.2, -0.15) is 0 Å². The molecule has 0 saturated heterocycles. The summed E-state index contributed by atoms with van der Waals surface area (Å²) >= 11 is 0. The first-order valence-corrected chi connectivity index (χ1v) is 19.8. The second-order valence-corrected chi connectivity index (χ2v) is 13.4. The van der Waals surface area contributed by atoms with E-state index in [9.17, 15) is 14.2 Å². The number of rotatable bonds is 33. The molecule has 0 aromatic rings. The van der Waals surface area contributed by atoms with Crippen LogP contribution in [0.1, 0.15) is 168 Å². The van der Waals surface area contributed by atoms with Gasteiger partial charge in [-0.25, -0.2) is 4.57 Å². The van der Waals surface area contributed by atoms with Gasteiger partial charge >= 0.3 is 19.8 Å². The fourth-order valence-electron chi connectivity index (χ4n) is 4.91. The van der Waals surface area contributed by atoms with E-state index in [0.717, 1.165) is 57.8 Å². The lowest BCUT2D eigenvalue weighted by atomic mass is 10.1. The second kappa shape index (κ2) is 33.2. The number of carbonyl (C=O) groups is 2. The molecule has 1 atom stereocenters. The van der Waals surface area contributed by atoms with Gasteiger partial charge in [0.25, 0.3) is 0 Å². The molecule has 0 spiro atoms. The number of unbranched alkanes of at least 4 members (excludes halogenated alkanes) is 17. The van der Waals surface area contributed by atoms with E-state index in [4.69, 9.17) is 19.3 Å². The van der Waals surface area contributed by atoms with Gasteiger partial charge < -0.3 is 19.3 Å². The predicted molar refractivity (Wildman–Crippen MR) is 188 cm³/mol. The summed E-state index contributed by atoms with van der Waals surface area (Å²) in [6.45, 7) is 3.61. The number of phosphoric acid groups is 1. The summed E-state index contributed by atoms with van der Waals surface area (Å²) in [6.07, 6.45) is 37.2. The van der Waals surface area contributed by atoms with Gasteiger partial charge in [0.05, 0.1) is 6.61 Å². The van der Waals surface area contributed by atoms with Crippen LogP contribution in [0.15, 0.2) is 36.5 Å². The average molecular weight is 671 g/mol. The van der Waals surface area contributed by atoms with E-state index in [0.29, 0.717) is 12.8 Å². The van der Waals surface area contributed by atoms with E-state index < -0.39 is 32.5 Å². The molecule has 2 N–H and O–H groups in total. The minimum absolute atomic E-state index is 0.208. The molecule has 0 unspecified atom stereocenters. The van der Waals surface area contributed by atoms with Crippen LogP contribution in [0.2, 0.25) is 0 Å². The third-order valence-electron chi connectivity index (χ3n) is 7.66. The van der Waals surface area contributed by atoms with Crippen LogP contribution >= 0.6 is 7.82 Å². The smallest absolute Gasteiger partial charge is 0.462 e. The Hall–Kier alpha value is -1.73. The molecular weight excluding hydrogens is 603 g/mol. The highest BCUT2D eigenvalue weighted by Crippen LogP contribution is 2.36. The van der Waals surface area contributed by atoms with Crippen LogP contribution in [0.25, 0.3) is 0 Å². The minimum Gasteiger partial charge on any atom is -0.462 e. The number of phosphoric ester groups is 1. The van der Waals surface area contributed by atoms with E-state index in [1.165, 1.54) is 70.6 Å². The standard InChI is InChI=1S/C37H67O8P/c1-3-5-7-9-11-13-15-16-17-18-19-20-22-23-25-27-29-31-36(38)43-33-35(34-44-46(40,41)42)45-37(39)32-30-28-26-24-21-14-12-10-8-6-4-2/h11,13,16-17,19-20,35H,3-10,12,14-15,18,21-34H2,1-2H3,(H2,40,41,42)/b13-11+,17-16+,20-19+/t35-/m1/s1. The van der Waals surface area contributed by atoms with Gasteiger partial charge in [0.1, 0.15) is 6.61 Å². The third kappa shape index (κ3) is 35.1. The average Bonchev–Trinajstić information content (AvgIpc) is 3.02. The van der Waals surface area contributed by atoms with E-state index in [-0.39, 0.29) is 19.4 Å². The molecule has 0 aliphatic heterocycles. The molecule has 9 heteroatoms. The molecule has 0 amide bonds. The normalized spacial score (nSPS) is 12.9. The van der Waals surface area contributed by atoms with Crippen molar-refractivity contribution in [1.29, 1.82) is 0 Å². The summed E-state index contributed by atoms with van der Waals surface area (Å²) in [5, 5.41) is 0. The molecule has 46 heavy (non-hydrogen) atoms. The van der Waals surface area contributed by atoms with E-state index in [2.05, 4.69) is 54.8 Å². The van der Waals surface area contributed by atoms with Crippen molar-refractivity contribution in [3.05, 3.63) is 36.5 Å². The number of ether oxygens (including phenoxy) is 2. The van der Waals surface area contributed by atoms with Gasteiger partial charge in [-0.15, -0.1) is 0 Å². The van der Waals surface area contributed by atoms with Crippen molar-refractivity contribution < 1.29 is 37.9 Å². The first-order valence-electron chi connectivity index (χ1n) is 18.3. The van der Waals surface area contributed by atoms with E-state index in [1.54, 1.807) is 0 Å². The van der Waals surface area contributed by atoms with E-state index in [1.807, 2.05) is 0 Å². The number of hydrogen-bond donors (Lipinski definition) is 2. The Morgan fingerprint density at radius 1 is 0.565 bits per heavy atom. The van der Waals surface area contributed by atoms with Crippen LogP contribution in [0.4, 0.5) is 0 Å². The molecule has 8 nitrogen and oxygen atoms in total. The Morgan fingerprint density at radius 3 is 1.50 bits per heavy atom. The predicted octanol–water partition coefficient (Wildman–Crippen LogP) is 10.6. The molecule has 0 bridgehead atoms. The highest BCUT2D eigenvalue weighted by atomic mass is 31.2. The Labute approximate surface area is 281 Å². The van der Waals surface area contributed by atoms with Crippen molar-refractivity contribution in [2.24, 2.45) is 0 Å². The first kappa shape index (κ1) is 44.3. The van der Waals surface area contributed by atoms with Crippen LogP contribution in [0, 0.1) is 0 Å². The minimum atomic E-state index is -4.75. The molecule has 0 aliphatic carbocycles. The van der Waals surface area contributed by atoms with Crippen LogP contribution in [-0.4, -0.2) is 41.0 Å². The summed E-state index contributed by atoms with van der Waals surface area (Å²) in [7, 11) is -4.75. The summed E-state index contributed by atoms with van der Waals surface area (Å²) < 4.78 is 26.2. The van der Waals surface area contributed by atoms with E-state index >= 15 is 0 Å². The zero-order valence-electron chi connectivity index (χ0n) is 29.2. The van der Waals surface area contributed by atoms with Gasteiger partial charge in [-0.3, -0.25) is 14.1 Å². The maximum atomic E-state index is 12.3. The van der Waals surface area contributed by atoms with Crippen molar-refractivity contribution >= 4 is 19.8 Å². The van der Waals surface area contributed by atoms with Crippen LogP contribution < -0.4 is 0 Å². The highest BCUT2D eigenvalue weighted by Gasteiger charge is 2.22. The number of carbonyl (C=O) groups excluding carboxylic acids is 2. The van der Waals surface area contributed by atoms with Crippen LogP contribution in [-0.2, 0) is 28.2 Å². The summed E-state index contributed by atoms with van der Waals surface area (Å²) in [6, 6.07) is 0. The van der Waals surface area contributed by atoms with Gasteiger partial charge in [0.15, 0.2) is 6.10 Å². The fraction of sp³-hybridized carbons (Fsp3) is 0.784. The summed E-state index contributed by atoms with van der Waals surface area (Å²) in [5.74, 6) is -0.910. The SMILES string of the molecule is CCCCC/C=C/C/C=C/C/C=C/CCCCCCC(=O)OC[C@H](COP(=O)(O)O)OC(=O)CCCCCCCCCCCCC. The Balaban J connectivity index is 4.01. The van der Waals surface area contributed by atoms with Crippen molar-refractivity contribution in [3.63, 3.8) is 0 Å². The van der Waals surface area contributed by atoms with Crippen molar-refractivity contribution in [3.8, 4) is 0 Å². The fourth-order valence-corrected chi connectivity index (χ4v) is 5.27. The topological polar surface area (TPSA) is 119 Å². The quantitative estimate of drug-likeness (QED) is 0.0306.